The van der Waals surface area contributed by atoms with Crippen molar-refractivity contribution in [1.82, 2.24) is 0 Å². The fourth-order valence-electron chi connectivity index (χ4n) is 8.85. The maximum Gasteiger partial charge on any atom is 0.306 e. The molecule has 65 heavy (non-hydrogen) atoms. The van der Waals surface area contributed by atoms with Crippen LogP contribution in [0.3, 0.4) is 0 Å². The molecule has 0 radical (unpaired) electrons. The molecule has 0 aliphatic heterocycles. The molecule has 0 saturated heterocycles. The number of hydrogen-bond acceptors (Lipinski definition) is 6. The van der Waals surface area contributed by atoms with Gasteiger partial charge in [-0.25, -0.2) is 0 Å². The van der Waals surface area contributed by atoms with E-state index < -0.39 is 6.10 Å². The summed E-state index contributed by atoms with van der Waals surface area (Å²) in [6, 6.07) is 0. The van der Waals surface area contributed by atoms with Crippen LogP contribution in [0.1, 0.15) is 329 Å². The molecule has 6 nitrogen and oxygen atoms in total. The third-order valence-corrected chi connectivity index (χ3v) is 13.3. The average molecular weight is 918 g/mol. The van der Waals surface area contributed by atoms with Crippen LogP contribution in [0, 0.1) is 0 Å². The number of ether oxygens (including phenoxy) is 3. The number of rotatable bonds is 54. The van der Waals surface area contributed by atoms with Crippen molar-refractivity contribution in [2.45, 2.75) is 335 Å². The lowest BCUT2D eigenvalue weighted by Crippen LogP contribution is -2.30. The van der Waals surface area contributed by atoms with Crippen molar-refractivity contribution in [2.75, 3.05) is 13.2 Å². The van der Waals surface area contributed by atoms with E-state index in [4.69, 9.17) is 14.2 Å². The third-order valence-electron chi connectivity index (χ3n) is 13.3. The molecule has 6 heteroatoms. The largest absolute Gasteiger partial charge is 0.462 e. The second kappa shape index (κ2) is 54.8. The van der Waals surface area contributed by atoms with E-state index in [1.54, 1.807) is 0 Å². The molecule has 0 heterocycles. The molecule has 0 aromatic heterocycles. The number of carbonyl (C=O) groups excluding carboxylic acids is 3. The van der Waals surface area contributed by atoms with Gasteiger partial charge < -0.3 is 14.2 Å². The van der Waals surface area contributed by atoms with E-state index in [2.05, 4.69) is 32.9 Å². The Morgan fingerprint density at radius 3 is 0.769 bits per heavy atom. The van der Waals surface area contributed by atoms with Crippen molar-refractivity contribution >= 4 is 17.9 Å². The number of unbranched alkanes of at least 4 members (excludes halogenated alkanes) is 41. The van der Waals surface area contributed by atoms with Gasteiger partial charge in [-0.3, -0.25) is 14.4 Å². The van der Waals surface area contributed by atoms with E-state index >= 15 is 0 Å². The van der Waals surface area contributed by atoms with Gasteiger partial charge in [-0.05, 0) is 44.9 Å². The van der Waals surface area contributed by atoms with E-state index in [9.17, 15) is 14.4 Å². The number of allylic oxidation sites excluding steroid dienone is 2. The van der Waals surface area contributed by atoms with Crippen molar-refractivity contribution in [3.8, 4) is 0 Å². The molecule has 0 aromatic rings. The Morgan fingerprint density at radius 1 is 0.292 bits per heavy atom. The highest BCUT2D eigenvalue weighted by molar-refractivity contribution is 5.71. The Bertz CT molecular complexity index is 1010. The molecule has 0 aliphatic carbocycles. The lowest BCUT2D eigenvalue weighted by Gasteiger charge is -2.18. The highest BCUT2D eigenvalue weighted by atomic mass is 16.6. The first-order valence-electron chi connectivity index (χ1n) is 29.2. The molecule has 0 N–H and O–H groups in total. The summed E-state index contributed by atoms with van der Waals surface area (Å²) in [6.07, 6.45) is 62.0. The summed E-state index contributed by atoms with van der Waals surface area (Å²) < 4.78 is 16.9. The van der Waals surface area contributed by atoms with E-state index in [1.807, 2.05) is 0 Å². The highest BCUT2D eigenvalue weighted by Crippen LogP contribution is 2.17. The Hall–Kier alpha value is -1.85. The van der Waals surface area contributed by atoms with Crippen molar-refractivity contribution in [2.24, 2.45) is 0 Å². The van der Waals surface area contributed by atoms with Crippen LogP contribution in [0.4, 0.5) is 0 Å². The first-order chi connectivity index (χ1) is 32.0. The molecule has 0 amide bonds. The average Bonchev–Trinajstić information content (AvgIpc) is 3.30. The van der Waals surface area contributed by atoms with Crippen LogP contribution in [0.25, 0.3) is 0 Å². The smallest absolute Gasteiger partial charge is 0.306 e. The molecular weight excluding hydrogens is 805 g/mol. The van der Waals surface area contributed by atoms with Gasteiger partial charge in [0.15, 0.2) is 6.10 Å². The molecule has 0 bridgehead atoms. The van der Waals surface area contributed by atoms with Gasteiger partial charge in [0.2, 0.25) is 0 Å². The van der Waals surface area contributed by atoms with Crippen LogP contribution in [-0.4, -0.2) is 37.2 Å². The zero-order chi connectivity index (χ0) is 47.2. The van der Waals surface area contributed by atoms with Gasteiger partial charge in [-0.15, -0.1) is 0 Å². The molecule has 0 rings (SSSR count). The van der Waals surface area contributed by atoms with Crippen LogP contribution in [-0.2, 0) is 28.6 Å². The van der Waals surface area contributed by atoms with Crippen molar-refractivity contribution in [1.29, 1.82) is 0 Å². The Morgan fingerprint density at radius 2 is 0.508 bits per heavy atom. The van der Waals surface area contributed by atoms with Gasteiger partial charge in [0.25, 0.3) is 0 Å². The van der Waals surface area contributed by atoms with E-state index in [0.29, 0.717) is 19.3 Å². The molecule has 0 aliphatic rings. The van der Waals surface area contributed by atoms with Crippen LogP contribution < -0.4 is 0 Å². The fourth-order valence-corrected chi connectivity index (χ4v) is 8.85. The molecule has 0 aromatic carbocycles. The minimum atomic E-state index is -0.764. The van der Waals surface area contributed by atoms with Crippen LogP contribution in [0.2, 0.25) is 0 Å². The summed E-state index contributed by atoms with van der Waals surface area (Å²) in [7, 11) is 0. The van der Waals surface area contributed by atoms with Crippen molar-refractivity contribution < 1.29 is 28.6 Å². The summed E-state index contributed by atoms with van der Waals surface area (Å²) in [5.74, 6) is -0.843. The number of esters is 3. The molecule has 0 fully saturated rings. The minimum absolute atomic E-state index is 0.0645. The molecule has 0 unspecified atom stereocenters. The van der Waals surface area contributed by atoms with E-state index in [0.717, 1.165) is 57.8 Å². The topological polar surface area (TPSA) is 78.9 Å². The monoisotopic (exact) mass is 917 g/mol. The summed E-state index contributed by atoms with van der Waals surface area (Å²) in [4.78, 5) is 38.1. The molecule has 1 atom stereocenters. The predicted molar refractivity (Wildman–Crippen MR) is 280 cm³/mol. The second-order valence-corrected chi connectivity index (χ2v) is 19.9. The summed E-state index contributed by atoms with van der Waals surface area (Å²) in [6.45, 7) is 6.68. The van der Waals surface area contributed by atoms with E-state index in [-0.39, 0.29) is 31.1 Å². The van der Waals surface area contributed by atoms with Gasteiger partial charge in [0.05, 0.1) is 0 Å². The zero-order valence-corrected chi connectivity index (χ0v) is 44.0. The van der Waals surface area contributed by atoms with Crippen molar-refractivity contribution in [3.05, 3.63) is 12.2 Å². The number of carbonyl (C=O) groups is 3. The summed E-state index contributed by atoms with van der Waals surface area (Å²) >= 11 is 0. The maximum absolute atomic E-state index is 12.8. The van der Waals surface area contributed by atoms with Crippen LogP contribution in [0.15, 0.2) is 12.2 Å². The minimum Gasteiger partial charge on any atom is -0.462 e. The third kappa shape index (κ3) is 53.0. The SMILES string of the molecule is CCCCCCCC/C=C\CCCCCCCCCCCC(=O)OC[C@H](COC(=O)CCCCCCCCCCCCCCCCCCC)OC(=O)CCCCCCCCCCCCC. The highest BCUT2D eigenvalue weighted by Gasteiger charge is 2.19. The van der Waals surface area contributed by atoms with Crippen LogP contribution >= 0.6 is 0 Å². The molecule has 384 valence electrons. The van der Waals surface area contributed by atoms with E-state index in [1.165, 1.54) is 231 Å². The normalized spacial score (nSPS) is 12.0. The van der Waals surface area contributed by atoms with Crippen LogP contribution in [0.5, 0.6) is 0 Å². The first-order valence-corrected chi connectivity index (χ1v) is 29.2. The second-order valence-electron chi connectivity index (χ2n) is 19.9. The Balaban J connectivity index is 4.24. The number of hydrogen-bond donors (Lipinski definition) is 0. The van der Waals surface area contributed by atoms with Gasteiger partial charge in [-0.2, -0.15) is 0 Å². The standard InChI is InChI=1S/C59H112O6/c1-4-7-10-13-16-19-22-24-26-28-29-31-33-35-38-40-43-46-49-52-58(61)64-55-56(65-59(62)53-50-47-44-41-36-21-18-15-12-9-6-3)54-63-57(60)51-48-45-42-39-37-34-32-30-27-25-23-20-17-14-11-8-5-2/h24,26,56H,4-23,25,27-55H2,1-3H3/b26-24-/t56-/m0/s1. The lowest BCUT2D eigenvalue weighted by molar-refractivity contribution is -0.167. The Kier molecular flexibility index (Phi) is 53.2. The first kappa shape index (κ1) is 63.1. The lowest BCUT2D eigenvalue weighted by atomic mass is 10.0. The van der Waals surface area contributed by atoms with Gasteiger partial charge in [0, 0.05) is 19.3 Å². The zero-order valence-electron chi connectivity index (χ0n) is 44.0. The molecule has 0 saturated carbocycles. The predicted octanol–water partition coefficient (Wildman–Crippen LogP) is 19.3. The van der Waals surface area contributed by atoms with Gasteiger partial charge in [-0.1, -0.05) is 277 Å². The van der Waals surface area contributed by atoms with Gasteiger partial charge in [0.1, 0.15) is 13.2 Å². The quantitative estimate of drug-likeness (QED) is 0.0262. The summed E-state index contributed by atoms with van der Waals surface area (Å²) in [5, 5.41) is 0. The Labute approximate surface area is 405 Å². The van der Waals surface area contributed by atoms with Gasteiger partial charge >= 0.3 is 17.9 Å². The van der Waals surface area contributed by atoms with Crippen molar-refractivity contribution in [3.63, 3.8) is 0 Å². The molecule has 0 spiro atoms. The fraction of sp³-hybridized carbons (Fsp3) is 0.915. The maximum atomic E-state index is 12.8. The molecular formula is C59H112O6. The summed E-state index contributed by atoms with van der Waals surface area (Å²) in [5.41, 5.74) is 0.